The third kappa shape index (κ3) is 7.76. The number of Topliss-reactive ketones (excluding diaryl/α,β-unsaturated/α-hetero) is 1. The van der Waals surface area contributed by atoms with Gasteiger partial charge in [0.05, 0.1) is 13.2 Å². The zero-order valence-corrected chi connectivity index (χ0v) is 24.6. The Balaban J connectivity index is 0.000000394. The van der Waals surface area contributed by atoms with E-state index in [1.165, 1.54) is 23.6 Å². The number of aryl methyl sites for hydroxylation is 2. The Kier molecular flexibility index (Phi) is 10.0. The van der Waals surface area contributed by atoms with Gasteiger partial charge >= 0.3 is 0 Å². The fourth-order valence-corrected chi connectivity index (χ4v) is 5.06. The van der Waals surface area contributed by atoms with E-state index in [4.69, 9.17) is 4.74 Å². The van der Waals surface area contributed by atoms with Gasteiger partial charge in [0, 0.05) is 38.4 Å². The highest BCUT2D eigenvalue weighted by Crippen LogP contribution is 2.40. The molecule has 1 fully saturated rings. The Morgan fingerprint density at radius 2 is 1.72 bits per heavy atom. The number of carbonyl (C=O) groups excluding carboxylic acids is 2. The topological polar surface area (TPSA) is 71.5 Å². The molecule has 2 heterocycles. The molecule has 2 aromatic carbocycles. The van der Waals surface area contributed by atoms with Crippen LogP contribution in [0.15, 0.2) is 67.0 Å². The molecule has 0 saturated carbocycles. The summed E-state index contributed by atoms with van der Waals surface area (Å²) in [5.41, 5.74) is 5.75. The number of likely N-dealkylation sites (tertiary alicyclic amines) is 1. The summed E-state index contributed by atoms with van der Waals surface area (Å²) in [6.07, 6.45) is 5.13. The quantitative estimate of drug-likeness (QED) is 0.380. The van der Waals surface area contributed by atoms with Gasteiger partial charge in [-0.2, -0.15) is 0 Å². The lowest BCUT2D eigenvalue weighted by Gasteiger charge is -2.27. The monoisotopic (exact) mass is 531 g/mol. The lowest BCUT2D eigenvalue weighted by atomic mass is 9.84. The molecule has 3 atom stereocenters. The largest absolute Gasteiger partial charge is 0.497 e. The van der Waals surface area contributed by atoms with E-state index in [9.17, 15) is 9.59 Å². The predicted octanol–water partition coefficient (Wildman–Crippen LogP) is 6.78. The highest BCUT2D eigenvalue weighted by molar-refractivity contribution is 5.89. The molecule has 1 aliphatic rings. The molecule has 0 bridgehead atoms. The lowest BCUT2D eigenvalue weighted by molar-refractivity contribution is -0.122. The van der Waals surface area contributed by atoms with Crippen LogP contribution in [-0.4, -0.2) is 41.8 Å². The maximum Gasteiger partial charge on any atom is 0.221 e. The van der Waals surface area contributed by atoms with Crippen molar-refractivity contribution >= 4 is 17.4 Å². The van der Waals surface area contributed by atoms with E-state index >= 15 is 0 Å². The number of carbonyl (C=O) groups is 2. The Morgan fingerprint density at radius 3 is 2.26 bits per heavy atom. The summed E-state index contributed by atoms with van der Waals surface area (Å²) in [4.78, 5) is 29.8. The van der Waals surface area contributed by atoms with Crippen molar-refractivity contribution in [1.29, 1.82) is 0 Å². The number of ketones is 1. The van der Waals surface area contributed by atoms with Crippen LogP contribution in [0, 0.1) is 12.8 Å². The van der Waals surface area contributed by atoms with Gasteiger partial charge in [-0.25, -0.2) is 0 Å². The minimum Gasteiger partial charge on any atom is -0.497 e. The maximum atomic E-state index is 13.0. The smallest absolute Gasteiger partial charge is 0.221 e. The number of ether oxygens (including phenoxy) is 1. The third-order valence-corrected chi connectivity index (χ3v) is 7.56. The first-order valence-electron chi connectivity index (χ1n) is 13.6. The van der Waals surface area contributed by atoms with Crippen molar-refractivity contribution in [3.05, 3.63) is 89.2 Å². The Hall–Kier alpha value is -3.51. The van der Waals surface area contributed by atoms with Gasteiger partial charge in [-0.1, -0.05) is 57.2 Å². The Morgan fingerprint density at radius 1 is 1.08 bits per heavy atom. The average Bonchev–Trinajstić information content (AvgIpc) is 3.12. The van der Waals surface area contributed by atoms with Gasteiger partial charge in [0.1, 0.15) is 5.75 Å². The summed E-state index contributed by atoms with van der Waals surface area (Å²) in [5.74, 6) is 1.20. The molecule has 1 saturated heterocycles. The number of anilines is 1. The summed E-state index contributed by atoms with van der Waals surface area (Å²) in [7, 11) is 3.76. The van der Waals surface area contributed by atoms with E-state index in [-0.39, 0.29) is 30.8 Å². The first-order chi connectivity index (χ1) is 18.4. The molecule has 0 radical (unpaired) electrons. The first kappa shape index (κ1) is 30.0. The van der Waals surface area contributed by atoms with Gasteiger partial charge in [0.2, 0.25) is 5.91 Å². The fourth-order valence-electron chi connectivity index (χ4n) is 5.06. The van der Waals surface area contributed by atoms with E-state index in [0.717, 1.165) is 29.8 Å². The summed E-state index contributed by atoms with van der Waals surface area (Å²) in [5, 5.41) is 2.69. The van der Waals surface area contributed by atoms with Crippen molar-refractivity contribution in [2.24, 2.45) is 5.92 Å². The van der Waals surface area contributed by atoms with Crippen LogP contribution in [-0.2, 0) is 21.4 Å². The number of hydrogen-bond acceptors (Lipinski definition) is 5. The highest BCUT2D eigenvalue weighted by atomic mass is 16.5. The molecule has 6 nitrogen and oxygen atoms in total. The number of nitrogens with zero attached hydrogens (tertiary/aromatic N) is 2. The van der Waals surface area contributed by atoms with Gasteiger partial charge in [-0.15, -0.1) is 0 Å². The van der Waals surface area contributed by atoms with E-state index in [1.807, 2.05) is 26.0 Å². The molecule has 0 aliphatic carbocycles. The number of likely N-dealkylation sites (N-methyl/N-ethyl adjacent to an activating group) is 1. The maximum absolute atomic E-state index is 13.0. The van der Waals surface area contributed by atoms with E-state index < -0.39 is 0 Å². The van der Waals surface area contributed by atoms with Crippen LogP contribution in [0.25, 0.3) is 0 Å². The minimum absolute atomic E-state index is 0. The van der Waals surface area contributed by atoms with Crippen LogP contribution in [0.4, 0.5) is 5.69 Å². The molecule has 1 amide bonds. The molecule has 4 rings (SSSR count). The fraction of sp³-hybridized carbons (Fsp3) is 0.424. The highest BCUT2D eigenvalue weighted by Gasteiger charge is 2.44. The normalized spacial score (nSPS) is 19.3. The van der Waals surface area contributed by atoms with Crippen LogP contribution >= 0.6 is 0 Å². The average molecular weight is 532 g/mol. The molecule has 1 unspecified atom stereocenters. The zero-order chi connectivity index (χ0) is 28.7. The van der Waals surface area contributed by atoms with Crippen molar-refractivity contribution in [2.75, 3.05) is 19.5 Å². The van der Waals surface area contributed by atoms with Gasteiger partial charge in [-0.05, 0) is 79.6 Å². The molecule has 3 aromatic rings. The van der Waals surface area contributed by atoms with Crippen molar-refractivity contribution in [1.82, 2.24) is 9.88 Å². The second-order valence-electron chi connectivity index (χ2n) is 11.4. The predicted molar refractivity (Wildman–Crippen MR) is 160 cm³/mol. The number of pyridine rings is 1. The van der Waals surface area contributed by atoms with Crippen LogP contribution < -0.4 is 10.1 Å². The minimum atomic E-state index is -0.0562. The number of rotatable bonds is 6. The number of methoxy groups -OCH3 is 1. The van der Waals surface area contributed by atoms with E-state index in [1.54, 1.807) is 25.6 Å². The number of amides is 1. The summed E-state index contributed by atoms with van der Waals surface area (Å²) >= 11 is 0. The number of benzene rings is 2. The molecule has 210 valence electrons. The second-order valence-corrected chi connectivity index (χ2v) is 11.4. The molecular formula is C33H45N3O3. The molecule has 6 heteroatoms. The van der Waals surface area contributed by atoms with E-state index in [0.29, 0.717) is 5.78 Å². The van der Waals surface area contributed by atoms with Crippen LogP contribution in [0.3, 0.4) is 0 Å². The van der Waals surface area contributed by atoms with Gasteiger partial charge in [0.15, 0.2) is 5.78 Å². The third-order valence-electron chi connectivity index (χ3n) is 7.56. The van der Waals surface area contributed by atoms with E-state index in [2.05, 4.69) is 79.4 Å². The van der Waals surface area contributed by atoms with Gasteiger partial charge in [0.25, 0.3) is 0 Å². The standard InChI is InChI=1S/C25H33NO2.C8H10N2O.H2/c1-17-24(27)22(16-9-18-7-14-21(28-6)15-8-18)23(26(17)5)19-10-12-20(13-11-19)25(2,3)4;1-6-5-9-4-3-8(6)10-7(2)11;/h7-8,10-15,17,22-23H,9,16H2,1-6H3;3-5H,1-2H3,(H,9,10,11);1H/t17-,22?,23-;;/m0../s1. The van der Waals surface area contributed by atoms with Gasteiger partial charge < -0.3 is 10.1 Å². The van der Waals surface area contributed by atoms with Crippen LogP contribution in [0.2, 0.25) is 0 Å². The number of nitrogens with one attached hydrogen (secondary N) is 1. The summed E-state index contributed by atoms with van der Waals surface area (Å²) < 4.78 is 5.24. The van der Waals surface area contributed by atoms with Crippen molar-refractivity contribution in [3.63, 3.8) is 0 Å². The van der Waals surface area contributed by atoms with Crippen molar-refractivity contribution < 1.29 is 15.8 Å². The second kappa shape index (κ2) is 13.0. The molecule has 1 N–H and O–H groups in total. The van der Waals surface area contributed by atoms with Crippen LogP contribution in [0.5, 0.6) is 5.75 Å². The molecule has 1 aliphatic heterocycles. The first-order valence-corrected chi connectivity index (χ1v) is 13.6. The lowest BCUT2D eigenvalue weighted by Crippen LogP contribution is -2.27. The van der Waals surface area contributed by atoms with Crippen LogP contribution in [0.1, 0.15) is 70.8 Å². The number of hydrogen-bond donors (Lipinski definition) is 1. The van der Waals surface area contributed by atoms with Crippen molar-refractivity contribution in [3.8, 4) is 5.75 Å². The SMILES string of the molecule is CC(=O)Nc1ccncc1C.COc1ccc(CCC2C(=O)[C@H](C)N(C)[C@H]2c2ccc(C(C)(C)C)cc2)cc1.[HH]. The Labute approximate surface area is 235 Å². The van der Waals surface area contributed by atoms with Gasteiger partial charge in [-0.3, -0.25) is 19.5 Å². The molecule has 0 spiro atoms. The molecule has 1 aromatic heterocycles. The zero-order valence-electron chi connectivity index (χ0n) is 24.6. The summed E-state index contributed by atoms with van der Waals surface area (Å²) in [6.45, 7) is 12.1. The molecule has 39 heavy (non-hydrogen) atoms. The summed E-state index contributed by atoms with van der Waals surface area (Å²) in [6, 6.07) is 18.9. The van der Waals surface area contributed by atoms with Crippen molar-refractivity contribution in [2.45, 2.75) is 71.9 Å². The molecular weight excluding hydrogens is 486 g/mol. The number of aromatic nitrogens is 1. The Bertz CT molecular complexity index is 1250.